The highest BCUT2D eigenvalue weighted by Gasteiger charge is 2.20. The van der Waals surface area contributed by atoms with Gasteiger partial charge in [-0.05, 0) is 49.3 Å². The van der Waals surface area contributed by atoms with Gasteiger partial charge in [0.2, 0.25) is 0 Å². The molecule has 0 spiro atoms. The number of hydrogen-bond donors (Lipinski definition) is 3. The molecule has 0 saturated carbocycles. The number of fused-ring (bicyclic) bond motifs is 2. The lowest BCUT2D eigenvalue weighted by atomic mass is 10.0. The van der Waals surface area contributed by atoms with Crippen LogP contribution in [0.1, 0.15) is 23.7 Å². The number of rotatable bonds is 9. The zero-order valence-corrected chi connectivity index (χ0v) is 23.3. The molecule has 0 aliphatic carbocycles. The van der Waals surface area contributed by atoms with Crippen LogP contribution in [0.15, 0.2) is 110 Å². The van der Waals surface area contributed by atoms with Gasteiger partial charge < -0.3 is 14.9 Å². The van der Waals surface area contributed by atoms with Crippen LogP contribution < -0.4 is 5.32 Å². The van der Waals surface area contributed by atoms with Crippen molar-refractivity contribution in [1.29, 1.82) is 0 Å². The molecule has 42 heavy (non-hydrogen) atoms. The summed E-state index contributed by atoms with van der Waals surface area (Å²) in [6.07, 6.45) is 12.9. The molecule has 5 aromatic heterocycles. The zero-order chi connectivity index (χ0) is 29.2. The molecular weight excluding hydrogens is 527 g/mol. The van der Waals surface area contributed by atoms with Crippen molar-refractivity contribution in [2.45, 2.75) is 20.3 Å². The molecular formula is C33H29FN8. The van der Waals surface area contributed by atoms with Gasteiger partial charge in [0.1, 0.15) is 11.5 Å². The Bertz CT molecular complexity index is 2010. The van der Waals surface area contributed by atoms with Gasteiger partial charge in [0.15, 0.2) is 5.65 Å². The molecule has 8 nitrogen and oxygen atoms in total. The van der Waals surface area contributed by atoms with Crippen molar-refractivity contribution in [2.24, 2.45) is 0 Å². The zero-order valence-electron chi connectivity index (χ0n) is 23.3. The van der Waals surface area contributed by atoms with Crippen molar-refractivity contribution in [2.75, 3.05) is 0 Å². The molecule has 0 saturated heterocycles. The average molecular weight is 557 g/mol. The van der Waals surface area contributed by atoms with Crippen LogP contribution in [0.3, 0.4) is 0 Å². The van der Waals surface area contributed by atoms with Crippen molar-refractivity contribution >= 4 is 27.6 Å². The van der Waals surface area contributed by atoms with E-state index in [1.54, 1.807) is 18.6 Å². The minimum absolute atomic E-state index is 0.279. The topological polar surface area (TPSA) is 100 Å². The smallest absolute Gasteiger partial charge is 0.184 e. The molecule has 9 heteroatoms. The summed E-state index contributed by atoms with van der Waals surface area (Å²) in [5.41, 5.74) is 7.49. The van der Waals surface area contributed by atoms with Gasteiger partial charge in [-0.25, -0.2) is 19.3 Å². The third-order valence-corrected chi connectivity index (χ3v) is 7.02. The predicted molar refractivity (Wildman–Crippen MR) is 165 cm³/mol. The molecule has 0 fully saturated rings. The van der Waals surface area contributed by atoms with Crippen LogP contribution in [-0.4, -0.2) is 34.7 Å². The second kappa shape index (κ2) is 11.1. The first kappa shape index (κ1) is 26.6. The SMILES string of the molecule is C=C/C(=C\C(=C/C)c1cnc2n[nH]c(-c3cc4c(-n5cnc(C)c5)ccnc4[nH]3)c2c1F)NC(=C)Cc1ccccc1. The first-order valence-corrected chi connectivity index (χ1v) is 13.5. The quantitative estimate of drug-likeness (QED) is 0.167. The second-order valence-corrected chi connectivity index (χ2v) is 9.92. The van der Waals surface area contributed by atoms with Gasteiger partial charge in [-0.15, -0.1) is 0 Å². The number of imidazole rings is 1. The highest BCUT2D eigenvalue weighted by atomic mass is 19.1. The number of pyridine rings is 2. The maximum atomic E-state index is 16.3. The molecule has 6 aromatic rings. The largest absolute Gasteiger partial charge is 0.359 e. The molecule has 1 aromatic carbocycles. The van der Waals surface area contributed by atoms with E-state index in [9.17, 15) is 0 Å². The third-order valence-electron chi connectivity index (χ3n) is 7.02. The summed E-state index contributed by atoms with van der Waals surface area (Å²) in [4.78, 5) is 16.6. The first-order chi connectivity index (χ1) is 20.4. The van der Waals surface area contributed by atoms with E-state index in [0.717, 1.165) is 28.0 Å². The lowest BCUT2D eigenvalue weighted by molar-refractivity contribution is 0.635. The number of benzene rings is 1. The number of allylic oxidation sites excluding steroid dienone is 5. The van der Waals surface area contributed by atoms with Gasteiger partial charge in [-0.2, -0.15) is 5.10 Å². The number of aromatic amines is 2. The van der Waals surface area contributed by atoms with Gasteiger partial charge in [-0.3, -0.25) is 5.10 Å². The Morgan fingerprint density at radius 2 is 1.98 bits per heavy atom. The number of aromatic nitrogens is 7. The molecule has 0 bridgehead atoms. The molecule has 0 amide bonds. The molecule has 0 atom stereocenters. The van der Waals surface area contributed by atoms with Crippen LogP contribution in [0.5, 0.6) is 0 Å². The second-order valence-electron chi connectivity index (χ2n) is 9.92. The lowest BCUT2D eigenvalue weighted by Crippen LogP contribution is -2.12. The Hall–Kier alpha value is -5.57. The molecule has 0 aliphatic heterocycles. The van der Waals surface area contributed by atoms with E-state index in [1.165, 1.54) is 6.20 Å². The molecule has 0 unspecified atom stereocenters. The van der Waals surface area contributed by atoms with Gasteiger partial charge >= 0.3 is 0 Å². The minimum atomic E-state index is -0.434. The monoisotopic (exact) mass is 556 g/mol. The number of aryl methyl sites for hydroxylation is 1. The summed E-state index contributed by atoms with van der Waals surface area (Å²) in [7, 11) is 0. The Balaban J connectivity index is 1.36. The fraction of sp³-hybridized carbons (Fsp3) is 0.0909. The van der Waals surface area contributed by atoms with Crippen LogP contribution in [0.4, 0.5) is 4.39 Å². The molecule has 0 radical (unpaired) electrons. The molecule has 6 rings (SSSR count). The molecule has 3 N–H and O–H groups in total. The summed E-state index contributed by atoms with van der Waals surface area (Å²) >= 11 is 0. The van der Waals surface area contributed by atoms with Crippen LogP contribution in [-0.2, 0) is 6.42 Å². The van der Waals surface area contributed by atoms with Crippen LogP contribution in [0.2, 0.25) is 0 Å². The van der Waals surface area contributed by atoms with E-state index in [0.29, 0.717) is 40.3 Å². The van der Waals surface area contributed by atoms with Gasteiger partial charge in [-0.1, -0.05) is 49.6 Å². The van der Waals surface area contributed by atoms with E-state index in [2.05, 4.69) is 48.6 Å². The fourth-order valence-electron chi connectivity index (χ4n) is 4.99. The Labute approximate surface area is 242 Å². The Morgan fingerprint density at radius 1 is 1.14 bits per heavy atom. The van der Waals surface area contributed by atoms with Crippen molar-refractivity contribution in [3.05, 3.63) is 133 Å². The number of nitrogens with zero attached hydrogens (tertiary/aromatic N) is 5. The Morgan fingerprint density at radius 3 is 2.71 bits per heavy atom. The van der Waals surface area contributed by atoms with Gasteiger partial charge in [0.05, 0.1) is 34.5 Å². The van der Waals surface area contributed by atoms with Crippen molar-refractivity contribution in [3.63, 3.8) is 0 Å². The highest BCUT2D eigenvalue weighted by Crippen LogP contribution is 2.34. The predicted octanol–water partition coefficient (Wildman–Crippen LogP) is 6.95. The molecule has 5 heterocycles. The number of halogens is 1. The number of nitrogens with one attached hydrogen (secondary N) is 3. The number of hydrogen-bond acceptors (Lipinski definition) is 5. The summed E-state index contributed by atoms with van der Waals surface area (Å²) in [5.74, 6) is -0.434. The normalized spacial score (nSPS) is 12.3. The first-order valence-electron chi connectivity index (χ1n) is 13.5. The van der Waals surface area contributed by atoms with E-state index in [4.69, 9.17) is 0 Å². The Kier molecular flexibility index (Phi) is 7.06. The van der Waals surface area contributed by atoms with Gasteiger partial charge in [0.25, 0.3) is 0 Å². The van der Waals surface area contributed by atoms with E-state index in [-0.39, 0.29) is 11.0 Å². The molecule has 0 aliphatic rings. The highest BCUT2D eigenvalue weighted by molar-refractivity contribution is 5.97. The van der Waals surface area contributed by atoms with Crippen LogP contribution >= 0.6 is 0 Å². The van der Waals surface area contributed by atoms with Gasteiger partial charge in [0, 0.05) is 47.4 Å². The fourth-order valence-corrected chi connectivity index (χ4v) is 4.99. The van der Waals surface area contributed by atoms with Crippen LogP contribution in [0, 0.1) is 12.7 Å². The standard InChI is InChI=1S/C33H29FN8/c1-5-23(15-24(6-2)38-20(3)14-22-10-8-7-9-11-22)26-17-36-33-29(30(26)34)31(40-41-33)27-16-25-28(12-13-35-32(25)39-27)42-18-21(4)37-19-42/h5-13,15-19,38H,2-3,14H2,1,4H3,(H,35,39)(H,36,40,41)/b23-5+,24-15+. The van der Waals surface area contributed by atoms with Crippen LogP contribution in [0.25, 0.3) is 44.7 Å². The summed E-state index contributed by atoms with van der Waals surface area (Å²) in [6.45, 7) is 11.9. The third kappa shape index (κ3) is 5.03. The molecule has 208 valence electrons. The van der Waals surface area contributed by atoms with E-state index < -0.39 is 5.82 Å². The van der Waals surface area contributed by atoms with Crippen molar-refractivity contribution in [1.82, 2.24) is 40.0 Å². The van der Waals surface area contributed by atoms with E-state index >= 15 is 4.39 Å². The minimum Gasteiger partial charge on any atom is -0.359 e. The summed E-state index contributed by atoms with van der Waals surface area (Å²) in [6, 6.07) is 13.9. The maximum absolute atomic E-state index is 16.3. The average Bonchev–Trinajstić information content (AvgIpc) is 3.74. The maximum Gasteiger partial charge on any atom is 0.184 e. The summed E-state index contributed by atoms with van der Waals surface area (Å²) in [5, 5.41) is 11.7. The van der Waals surface area contributed by atoms with Crippen molar-refractivity contribution in [3.8, 4) is 17.1 Å². The summed E-state index contributed by atoms with van der Waals surface area (Å²) < 4.78 is 18.3. The number of H-pyrrole nitrogens is 2. The lowest BCUT2D eigenvalue weighted by Gasteiger charge is -2.12. The van der Waals surface area contributed by atoms with Crippen molar-refractivity contribution < 1.29 is 4.39 Å². The van der Waals surface area contributed by atoms with E-state index in [1.807, 2.05) is 79.2 Å².